The summed E-state index contributed by atoms with van der Waals surface area (Å²) in [7, 11) is -0.914. The minimum Gasteiger partial charge on any atom is -0.480 e. The van der Waals surface area contributed by atoms with Gasteiger partial charge in [-0.3, -0.25) is 9.69 Å². The van der Waals surface area contributed by atoms with Crippen LogP contribution in [0.3, 0.4) is 0 Å². The van der Waals surface area contributed by atoms with Crippen LogP contribution >= 0.6 is 22.9 Å². The second-order valence-corrected chi connectivity index (χ2v) is 14.4. The number of likely N-dealkylation sites (N-methyl/N-ethyl adjacent to an activating group) is 1. The predicted octanol–water partition coefficient (Wildman–Crippen LogP) is 8.60. The largest absolute Gasteiger partial charge is 0.480 e. The molecule has 11 heteroatoms. The number of aliphatic carboxylic acids is 1. The van der Waals surface area contributed by atoms with Crippen LogP contribution in [0.5, 0.6) is 0 Å². The molecule has 0 saturated carbocycles. The number of hydrogen-bond donors (Lipinski definition) is 1. The van der Waals surface area contributed by atoms with Gasteiger partial charge in [-0.15, -0.1) is 11.3 Å². The first kappa shape index (κ1) is 32.2. The van der Waals surface area contributed by atoms with Crippen LogP contribution in [0, 0.1) is 24.1 Å². The molecule has 1 N–H and O–H groups in total. The van der Waals surface area contributed by atoms with E-state index in [4.69, 9.17) is 11.6 Å². The molecular weight excluding hydrogens is 657 g/mol. The average Bonchev–Trinajstić information content (AvgIpc) is 3.63. The molecule has 1 unspecified atom stereocenters. The fourth-order valence-electron chi connectivity index (χ4n) is 5.86. The molecule has 2 aromatic heterocycles. The molecule has 0 aliphatic heterocycles. The van der Waals surface area contributed by atoms with E-state index in [2.05, 4.69) is 6.07 Å². The third-order valence-electron chi connectivity index (χ3n) is 7.99. The van der Waals surface area contributed by atoms with Crippen molar-refractivity contribution in [2.75, 3.05) is 14.1 Å². The summed E-state index contributed by atoms with van der Waals surface area (Å²) in [6.45, 7) is 1.86. The van der Waals surface area contributed by atoms with Crippen LogP contribution in [0.15, 0.2) is 101 Å². The highest BCUT2D eigenvalue weighted by atomic mass is 35.5. The van der Waals surface area contributed by atoms with Gasteiger partial charge in [0, 0.05) is 32.7 Å². The summed E-state index contributed by atoms with van der Waals surface area (Å²) in [6, 6.07) is 25.6. The zero-order valence-electron chi connectivity index (χ0n) is 25.4. The first-order chi connectivity index (χ1) is 22.4. The van der Waals surface area contributed by atoms with E-state index in [1.165, 1.54) is 45.6 Å². The van der Waals surface area contributed by atoms with Gasteiger partial charge in [-0.25, -0.2) is 16.8 Å². The number of hydrogen-bond acceptors (Lipinski definition) is 6. The van der Waals surface area contributed by atoms with Gasteiger partial charge in [0.2, 0.25) is 0 Å². The minimum absolute atomic E-state index is 0.0478. The smallest absolute Gasteiger partial charge is 0.325 e. The molecule has 6 aromatic rings. The number of carboxylic acids is 1. The fraction of sp³-hybridized carbons (Fsp3) is 0.111. The van der Waals surface area contributed by atoms with E-state index < -0.39 is 27.9 Å². The molecule has 0 bridgehead atoms. The molecule has 0 saturated heterocycles. The third-order valence-corrected chi connectivity index (χ3v) is 10.8. The van der Waals surface area contributed by atoms with Crippen molar-refractivity contribution >= 4 is 49.8 Å². The van der Waals surface area contributed by atoms with Crippen molar-refractivity contribution in [2.45, 2.75) is 17.9 Å². The molecule has 0 aliphatic carbocycles. The first-order valence-electron chi connectivity index (χ1n) is 14.4. The van der Waals surface area contributed by atoms with E-state index in [0.717, 1.165) is 5.56 Å². The molecule has 7 nitrogen and oxygen atoms in total. The summed E-state index contributed by atoms with van der Waals surface area (Å²) in [5.41, 5.74) is 4.51. The molecule has 0 amide bonds. The molecule has 0 spiro atoms. The molecule has 236 valence electrons. The van der Waals surface area contributed by atoms with Crippen LogP contribution in [0.25, 0.3) is 44.4 Å². The topological polar surface area (TPSA) is 103 Å². The van der Waals surface area contributed by atoms with Crippen molar-refractivity contribution in [2.24, 2.45) is 0 Å². The summed E-state index contributed by atoms with van der Waals surface area (Å²) in [5.74, 6) is -1.57. The van der Waals surface area contributed by atoms with E-state index in [0.29, 0.717) is 48.7 Å². The highest BCUT2D eigenvalue weighted by molar-refractivity contribution is 7.90. The molecular formula is C36H27ClFN3O4S2. The lowest BCUT2D eigenvalue weighted by Crippen LogP contribution is -2.27. The Hall–Kier alpha value is -4.79. The SMILES string of the molecule is Cc1ccc(S(=O)(=O)n2c(-c3cccc(-c4ccc(C(C(=O)O)N(C)C)cc4Cl)c3)c(-c3ccsc3C#N)c3cc(F)ccc32)cc1. The Morgan fingerprint density at radius 3 is 2.36 bits per heavy atom. The number of aryl methyl sites for hydroxylation is 1. The van der Waals surface area contributed by atoms with Crippen molar-refractivity contribution < 1.29 is 22.7 Å². The first-order valence-corrected chi connectivity index (χ1v) is 17.1. The van der Waals surface area contributed by atoms with Gasteiger partial charge in [-0.2, -0.15) is 5.26 Å². The Balaban J connectivity index is 1.65. The third kappa shape index (κ3) is 5.72. The van der Waals surface area contributed by atoms with Crippen molar-refractivity contribution in [1.29, 1.82) is 5.26 Å². The van der Waals surface area contributed by atoms with E-state index >= 15 is 0 Å². The summed E-state index contributed by atoms with van der Waals surface area (Å²) in [5, 5.41) is 22.1. The van der Waals surface area contributed by atoms with Gasteiger partial charge in [0.05, 0.1) is 16.1 Å². The number of nitriles is 1. The minimum atomic E-state index is -4.25. The number of carboxylic acid groups (broad SMARTS) is 1. The van der Waals surface area contributed by atoms with Gasteiger partial charge in [0.15, 0.2) is 0 Å². The van der Waals surface area contributed by atoms with Gasteiger partial charge < -0.3 is 5.11 Å². The predicted molar refractivity (Wildman–Crippen MR) is 184 cm³/mol. The van der Waals surface area contributed by atoms with E-state index in [-0.39, 0.29) is 16.1 Å². The lowest BCUT2D eigenvalue weighted by atomic mass is 9.95. The van der Waals surface area contributed by atoms with Crippen LogP contribution in [0.1, 0.15) is 22.0 Å². The van der Waals surface area contributed by atoms with Gasteiger partial charge in [0.25, 0.3) is 10.0 Å². The average molecular weight is 684 g/mol. The number of halogens is 2. The van der Waals surface area contributed by atoms with Crippen LogP contribution in [-0.4, -0.2) is 42.5 Å². The summed E-state index contributed by atoms with van der Waals surface area (Å²) in [6.07, 6.45) is 0. The molecule has 47 heavy (non-hydrogen) atoms. The quantitative estimate of drug-likeness (QED) is 0.172. The second kappa shape index (κ2) is 12.4. The molecule has 4 aromatic carbocycles. The summed E-state index contributed by atoms with van der Waals surface area (Å²) in [4.78, 5) is 13.9. The zero-order chi connectivity index (χ0) is 33.6. The Morgan fingerprint density at radius 1 is 0.979 bits per heavy atom. The number of carbonyl (C=O) groups is 1. The van der Waals surface area contributed by atoms with Crippen LogP contribution < -0.4 is 0 Å². The molecule has 6 rings (SSSR count). The van der Waals surface area contributed by atoms with Crippen LogP contribution in [0.2, 0.25) is 5.02 Å². The standard InChI is InChI=1S/C36H27ClFN3O4S2/c1-21-7-11-26(12-8-21)47(44,45)41-31-14-10-25(38)19-29(31)33(28-15-16-46-32(28)20-39)34(41)23-6-4-5-22(17-23)27-13-9-24(18-30(27)37)35(36(42)43)40(2)3/h4-19,35H,1-3H3,(H,42,43). The van der Waals surface area contributed by atoms with Gasteiger partial charge in [-0.05, 0) is 86.1 Å². The Morgan fingerprint density at radius 2 is 1.70 bits per heavy atom. The molecule has 0 fully saturated rings. The van der Waals surface area contributed by atoms with Gasteiger partial charge >= 0.3 is 5.97 Å². The fourth-order valence-corrected chi connectivity index (χ4v) is 8.39. The van der Waals surface area contributed by atoms with Crippen LogP contribution in [-0.2, 0) is 14.8 Å². The highest BCUT2D eigenvalue weighted by Gasteiger charge is 2.30. The number of thiophene rings is 1. The lowest BCUT2D eigenvalue weighted by molar-refractivity contribution is -0.142. The second-order valence-electron chi connectivity index (χ2n) is 11.3. The normalized spacial score (nSPS) is 12.4. The maximum Gasteiger partial charge on any atom is 0.325 e. The highest BCUT2D eigenvalue weighted by Crippen LogP contribution is 2.46. The van der Waals surface area contributed by atoms with Gasteiger partial charge in [-0.1, -0.05) is 59.6 Å². The summed E-state index contributed by atoms with van der Waals surface area (Å²) < 4.78 is 45.2. The maximum atomic E-state index is 14.9. The number of aromatic nitrogens is 1. The van der Waals surface area contributed by atoms with Crippen molar-refractivity contribution in [3.63, 3.8) is 0 Å². The Labute approximate surface area is 280 Å². The van der Waals surface area contributed by atoms with E-state index in [1.807, 2.05) is 13.0 Å². The Kier molecular flexibility index (Phi) is 8.51. The molecule has 2 heterocycles. The molecule has 0 radical (unpaired) electrons. The maximum absolute atomic E-state index is 14.9. The van der Waals surface area contributed by atoms with Crippen molar-refractivity contribution in [1.82, 2.24) is 8.87 Å². The number of fused-ring (bicyclic) bond motifs is 1. The van der Waals surface area contributed by atoms with Crippen molar-refractivity contribution in [3.8, 4) is 39.6 Å². The Bertz CT molecular complexity index is 2340. The van der Waals surface area contributed by atoms with Gasteiger partial charge in [0.1, 0.15) is 22.8 Å². The van der Waals surface area contributed by atoms with E-state index in [1.54, 1.807) is 79.0 Å². The number of benzene rings is 4. The lowest BCUT2D eigenvalue weighted by Gasteiger charge is -2.21. The van der Waals surface area contributed by atoms with E-state index in [9.17, 15) is 28.0 Å². The summed E-state index contributed by atoms with van der Waals surface area (Å²) >= 11 is 7.97. The number of rotatable bonds is 8. The van der Waals surface area contributed by atoms with Crippen LogP contribution in [0.4, 0.5) is 4.39 Å². The zero-order valence-corrected chi connectivity index (χ0v) is 27.8. The number of nitrogens with zero attached hydrogens (tertiary/aromatic N) is 3. The molecule has 0 aliphatic rings. The molecule has 1 atom stereocenters. The van der Waals surface area contributed by atoms with Crippen molar-refractivity contribution in [3.05, 3.63) is 123 Å². The monoisotopic (exact) mass is 683 g/mol.